The van der Waals surface area contributed by atoms with Gasteiger partial charge >= 0.3 is 0 Å². The maximum Gasteiger partial charge on any atom is 0.165 e. The van der Waals surface area contributed by atoms with Gasteiger partial charge in [-0.3, -0.25) is 0 Å². The Morgan fingerprint density at radius 1 is 1.08 bits per heavy atom. The van der Waals surface area contributed by atoms with Gasteiger partial charge in [-0.25, -0.2) is 8.78 Å². The summed E-state index contributed by atoms with van der Waals surface area (Å²) in [5.41, 5.74) is 1.25. The first-order valence-corrected chi connectivity index (χ1v) is 7.73. The van der Waals surface area contributed by atoms with E-state index in [0.717, 1.165) is 24.1 Å². The van der Waals surface area contributed by atoms with Crippen molar-refractivity contribution in [3.8, 4) is 17.0 Å². The molecule has 0 amide bonds. The molecule has 0 aliphatic rings. The van der Waals surface area contributed by atoms with Gasteiger partial charge in [0.2, 0.25) is 0 Å². The van der Waals surface area contributed by atoms with Crippen LogP contribution in [0.4, 0.5) is 8.78 Å². The molecule has 2 aromatic carbocycles. The van der Waals surface area contributed by atoms with E-state index in [1.807, 2.05) is 37.3 Å². The zero-order valence-corrected chi connectivity index (χ0v) is 13.2. The zero-order valence-electron chi connectivity index (χ0n) is 13.2. The van der Waals surface area contributed by atoms with Crippen molar-refractivity contribution in [2.45, 2.75) is 26.5 Å². The average Bonchev–Trinajstić information content (AvgIpc) is 3.05. The van der Waals surface area contributed by atoms with Gasteiger partial charge in [-0.1, -0.05) is 37.3 Å². The molecule has 0 saturated carbocycles. The van der Waals surface area contributed by atoms with Gasteiger partial charge in [-0.2, -0.15) is 15.0 Å². The summed E-state index contributed by atoms with van der Waals surface area (Å²) in [5, 5.41) is 8.19. The van der Waals surface area contributed by atoms with Gasteiger partial charge < -0.3 is 4.74 Å². The number of halogens is 2. The highest BCUT2D eigenvalue weighted by Crippen LogP contribution is 2.28. The Balaban J connectivity index is 1.80. The van der Waals surface area contributed by atoms with Crippen LogP contribution in [0.1, 0.15) is 18.9 Å². The number of nitrogens with zero attached hydrogens (tertiary/aromatic N) is 3. The highest BCUT2D eigenvalue weighted by molar-refractivity contribution is 5.60. The van der Waals surface area contributed by atoms with Crippen molar-refractivity contribution in [3.05, 3.63) is 65.9 Å². The largest absolute Gasteiger partial charge is 0.486 e. The maximum atomic E-state index is 14.3. The normalized spacial score (nSPS) is 10.8. The van der Waals surface area contributed by atoms with E-state index >= 15 is 0 Å². The third kappa shape index (κ3) is 3.59. The molecule has 3 aromatic rings. The molecule has 6 heteroatoms. The van der Waals surface area contributed by atoms with Crippen molar-refractivity contribution in [2.24, 2.45) is 0 Å². The standard InChI is InChI=1S/C18H17F2N3O/c1-2-8-23-21-11-17(22-23)14-9-16(20)18(10-15(14)19)24-12-13-6-4-3-5-7-13/h3-7,9-11H,2,8,12H2,1H3. The third-order valence-electron chi connectivity index (χ3n) is 3.49. The lowest BCUT2D eigenvalue weighted by molar-refractivity contribution is 0.288. The first-order chi connectivity index (χ1) is 11.7. The third-order valence-corrected chi connectivity index (χ3v) is 3.49. The molecule has 124 valence electrons. The quantitative estimate of drug-likeness (QED) is 0.680. The maximum absolute atomic E-state index is 14.3. The lowest BCUT2D eigenvalue weighted by Gasteiger charge is -2.09. The summed E-state index contributed by atoms with van der Waals surface area (Å²) in [6.45, 7) is 2.79. The fourth-order valence-corrected chi connectivity index (χ4v) is 2.30. The molecule has 0 unspecified atom stereocenters. The summed E-state index contributed by atoms with van der Waals surface area (Å²) in [6.07, 6.45) is 2.29. The van der Waals surface area contributed by atoms with Crippen molar-refractivity contribution < 1.29 is 13.5 Å². The van der Waals surface area contributed by atoms with E-state index in [1.165, 1.54) is 11.0 Å². The molecule has 0 aliphatic carbocycles. The second-order valence-electron chi connectivity index (χ2n) is 5.36. The van der Waals surface area contributed by atoms with Crippen LogP contribution >= 0.6 is 0 Å². The van der Waals surface area contributed by atoms with Crippen LogP contribution in [0.25, 0.3) is 11.3 Å². The summed E-state index contributed by atoms with van der Waals surface area (Å²) in [4.78, 5) is 1.46. The van der Waals surface area contributed by atoms with Gasteiger partial charge in [0.1, 0.15) is 18.1 Å². The first kappa shape index (κ1) is 16.1. The Hall–Kier alpha value is -2.76. The molecule has 24 heavy (non-hydrogen) atoms. The van der Waals surface area contributed by atoms with Gasteiger partial charge in [-0.05, 0) is 18.1 Å². The van der Waals surface area contributed by atoms with E-state index in [4.69, 9.17) is 4.74 Å². The fraction of sp³-hybridized carbons (Fsp3) is 0.222. The molecule has 0 aliphatic heterocycles. The Bertz CT molecular complexity index is 818. The van der Waals surface area contributed by atoms with E-state index < -0.39 is 11.6 Å². The molecule has 1 aromatic heterocycles. The van der Waals surface area contributed by atoms with Gasteiger partial charge in [0, 0.05) is 11.6 Å². The Morgan fingerprint density at radius 2 is 1.88 bits per heavy atom. The predicted octanol–water partition coefficient (Wildman–Crippen LogP) is 4.21. The molecule has 0 fully saturated rings. The number of aromatic nitrogens is 3. The lowest BCUT2D eigenvalue weighted by atomic mass is 10.1. The topological polar surface area (TPSA) is 39.9 Å². The molecule has 3 rings (SSSR count). The van der Waals surface area contributed by atoms with Gasteiger partial charge in [0.25, 0.3) is 0 Å². The molecule has 0 spiro atoms. The number of benzene rings is 2. The number of ether oxygens (including phenoxy) is 1. The SMILES string of the molecule is CCCn1ncc(-c2cc(F)c(OCc3ccccc3)cc2F)n1. The van der Waals surface area contributed by atoms with Crippen molar-refractivity contribution in [2.75, 3.05) is 0 Å². The van der Waals surface area contributed by atoms with E-state index in [9.17, 15) is 8.78 Å². The summed E-state index contributed by atoms with van der Waals surface area (Å²) in [5.74, 6) is -1.35. The second-order valence-corrected chi connectivity index (χ2v) is 5.36. The van der Waals surface area contributed by atoms with Crippen LogP contribution in [0.5, 0.6) is 5.75 Å². The molecular formula is C18H17F2N3O. The molecule has 1 heterocycles. The molecule has 4 nitrogen and oxygen atoms in total. The Labute approximate surface area is 138 Å². The van der Waals surface area contributed by atoms with Crippen LogP contribution < -0.4 is 4.74 Å². The molecule has 0 N–H and O–H groups in total. The van der Waals surface area contributed by atoms with E-state index in [2.05, 4.69) is 10.2 Å². The summed E-state index contributed by atoms with van der Waals surface area (Å²) in [7, 11) is 0. The van der Waals surface area contributed by atoms with Gasteiger partial charge in [0.05, 0.1) is 12.7 Å². The molecule has 0 radical (unpaired) electrons. The number of aryl methyl sites for hydroxylation is 1. The minimum Gasteiger partial charge on any atom is -0.486 e. The van der Waals surface area contributed by atoms with Crippen molar-refractivity contribution >= 4 is 0 Å². The lowest BCUT2D eigenvalue weighted by Crippen LogP contribution is -2.01. The number of hydrogen-bond donors (Lipinski definition) is 0. The van der Waals surface area contributed by atoms with Crippen LogP contribution in [-0.2, 0) is 13.2 Å². The average molecular weight is 329 g/mol. The zero-order chi connectivity index (χ0) is 16.9. The van der Waals surface area contributed by atoms with Crippen LogP contribution in [-0.4, -0.2) is 15.0 Å². The monoisotopic (exact) mass is 329 g/mol. The Kier molecular flexibility index (Phi) is 4.84. The van der Waals surface area contributed by atoms with Crippen molar-refractivity contribution in [1.29, 1.82) is 0 Å². The highest BCUT2D eigenvalue weighted by Gasteiger charge is 2.15. The van der Waals surface area contributed by atoms with E-state index in [-0.39, 0.29) is 17.9 Å². The highest BCUT2D eigenvalue weighted by atomic mass is 19.1. The summed E-state index contributed by atoms with van der Waals surface area (Å²) in [6, 6.07) is 11.5. The number of rotatable bonds is 6. The van der Waals surface area contributed by atoms with Crippen LogP contribution in [0.2, 0.25) is 0 Å². The van der Waals surface area contributed by atoms with E-state index in [1.54, 1.807) is 0 Å². The molecule has 0 bridgehead atoms. The molecular weight excluding hydrogens is 312 g/mol. The van der Waals surface area contributed by atoms with E-state index in [0.29, 0.717) is 12.2 Å². The van der Waals surface area contributed by atoms with Crippen LogP contribution in [0, 0.1) is 11.6 Å². The molecule has 0 atom stereocenters. The Morgan fingerprint density at radius 3 is 2.62 bits per heavy atom. The fourth-order valence-electron chi connectivity index (χ4n) is 2.30. The molecule has 0 saturated heterocycles. The van der Waals surface area contributed by atoms with Gasteiger partial charge in [0.15, 0.2) is 11.6 Å². The second kappa shape index (κ2) is 7.21. The summed E-state index contributed by atoms with van der Waals surface area (Å²) >= 11 is 0. The van der Waals surface area contributed by atoms with Gasteiger partial charge in [-0.15, -0.1) is 0 Å². The minimum atomic E-state index is -0.632. The summed E-state index contributed by atoms with van der Waals surface area (Å²) < 4.78 is 33.9. The smallest absolute Gasteiger partial charge is 0.165 e. The number of hydrogen-bond acceptors (Lipinski definition) is 3. The van der Waals surface area contributed by atoms with Crippen LogP contribution in [0.15, 0.2) is 48.7 Å². The predicted molar refractivity (Wildman–Crippen MR) is 86.4 cm³/mol. The van der Waals surface area contributed by atoms with Crippen LogP contribution in [0.3, 0.4) is 0 Å². The first-order valence-electron chi connectivity index (χ1n) is 7.73. The van der Waals surface area contributed by atoms with Crippen molar-refractivity contribution in [3.63, 3.8) is 0 Å². The van der Waals surface area contributed by atoms with Crippen molar-refractivity contribution in [1.82, 2.24) is 15.0 Å². The minimum absolute atomic E-state index is 0.0712.